The highest BCUT2D eigenvalue weighted by atomic mass is 19.4. The molecule has 2 aromatic rings. The molecule has 7 N–H and O–H groups in total. The molecule has 12 heteroatoms. The maximum absolute atomic E-state index is 12.4. The van der Waals surface area contributed by atoms with Crippen LogP contribution in [0.25, 0.3) is 11.1 Å². The third-order valence-corrected chi connectivity index (χ3v) is 3.20. The molecule has 0 bridgehead atoms. The zero-order valence-corrected chi connectivity index (χ0v) is 12.5. The SMILES string of the molecule is Nc1ccc(OC(F)(F)F)cc1-c1c(C(=O)O)c(N)[nH]c(=O)c1C(=O)O. The first-order valence-corrected chi connectivity index (χ1v) is 6.60. The van der Waals surface area contributed by atoms with E-state index in [0.717, 1.165) is 12.1 Å². The molecule has 0 amide bonds. The Kier molecular flexibility index (Phi) is 4.52. The molecule has 0 radical (unpaired) electrons. The lowest BCUT2D eigenvalue weighted by molar-refractivity contribution is -0.274. The summed E-state index contributed by atoms with van der Waals surface area (Å²) in [5.74, 6) is -5.04. The second-order valence-electron chi connectivity index (χ2n) is 4.90. The van der Waals surface area contributed by atoms with Crippen LogP contribution < -0.4 is 21.8 Å². The van der Waals surface area contributed by atoms with Gasteiger partial charge in [0.1, 0.15) is 22.7 Å². The Morgan fingerprint density at radius 2 is 1.65 bits per heavy atom. The van der Waals surface area contributed by atoms with Gasteiger partial charge in [0.15, 0.2) is 0 Å². The van der Waals surface area contributed by atoms with Gasteiger partial charge in [0.25, 0.3) is 5.56 Å². The molecule has 1 heterocycles. The number of carbonyl (C=O) groups is 2. The molecule has 26 heavy (non-hydrogen) atoms. The van der Waals surface area contributed by atoms with Crippen molar-refractivity contribution in [3.8, 4) is 16.9 Å². The second kappa shape index (κ2) is 6.31. The lowest BCUT2D eigenvalue weighted by Crippen LogP contribution is -2.24. The highest BCUT2D eigenvalue weighted by molar-refractivity contribution is 6.08. The van der Waals surface area contributed by atoms with Crippen LogP contribution in [0.4, 0.5) is 24.7 Å². The Morgan fingerprint density at radius 1 is 1.08 bits per heavy atom. The average molecular weight is 373 g/mol. The number of hydrogen-bond acceptors (Lipinski definition) is 6. The van der Waals surface area contributed by atoms with Gasteiger partial charge in [-0.2, -0.15) is 0 Å². The van der Waals surface area contributed by atoms with E-state index in [1.54, 1.807) is 0 Å². The third-order valence-electron chi connectivity index (χ3n) is 3.20. The van der Waals surface area contributed by atoms with E-state index < -0.39 is 57.7 Å². The Morgan fingerprint density at radius 3 is 2.15 bits per heavy atom. The fourth-order valence-corrected chi connectivity index (χ4v) is 2.27. The summed E-state index contributed by atoms with van der Waals surface area (Å²) in [6.45, 7) is 0. The van der Waals surface area contributed by atoms with Gasteiger partial charge in [0, 0.05) is 16.8 Å². The van der Waals surface area contributed by atoms with Gasteiger partial charge in [-0.1, -0.05) is 0 Å². The Hall–Kier alpha value is -3.70. The number of nitrogens with one attached hydrogen (secondary N) is 1. The van der Waals surface area contributed by atoms with Crippen molar-refractivity contribution in [2.45, 2.75) is 6.36 Å². The second-order valence-corrected chi connectivity index (χ2v) is 4.90. The van der Waals surface area contributed by atoms with Gasteiger partial charge in [-0.25, -0.2) is 9.59 Å². The topological polar surface area (TPSA) is 169 Å². The quantitative estimate of drug-likeness (QED) is 0.502. The number of pyridine rings is 1. The minimum atomic E-state index is -5.06. The van der Waals surface area contributed by atoms with Crippen LogP contribution in [0.1, 0.15) is 20.7 Å². The maximum atomic E-state index is 12.4. The van der Waals surface area contributed by atoms with Gasteiger partial charge < -0.3 is 31.4 Å². The normalized spacial score (nSPS) is 11.2. The van der Waals surface area contributed by atoms with Crippen molar-refractivity contribution >= 4 is 23.4 Å². The predicted molar refractivity (Wildman–Crippen MR) is 81.9 cm³/mol. The molecule has 2 rings (SSSR count). The molecule has 0 spiro atoms. The Balaban J connectivity index is 2.91. The fraction of sp³-hybridized carbons (Fsp3) is 0.0714. The maximum Gasteiger partial charge on any atom is 0.573 e. The van der Waals surface area contributed by atoms with Crippen molar-refractivity contribution in [2.75, 3.05) is 11.5 Å². The minimum absolute atomic E-state index is 0.297. The number of aromatic nitrogens is 1. The monoisotopic (exact) mass is 373 g/mol. The molecule has 0 aliphatic rings. The number of hydrogen-bond donors (Lipinski definition) is 5. The number of H-pyrrole nitrogens is 1. The number of halogens is 3. The van der Waals surface area contributed by atoms with Gasteiger partial charge in [0.2, 0.25) is 0 Å². The number of anilines is 2. The number of aromatic amines is 1. The zero-order chi connectivity index (χ0) is 19.8. The number of carboxylic acid groups (broad SMARTS) is 2. The molecule has 0 atom stereocenters. The molecule has 0 saturated carbocycles. The number of nitrogen functional groups attached to an aromatic ring is 2. The molecule has 138 valence electrons. The van der Waals surface area contributed by atoms with Crippen molar-refractivity contribution in [2.24, 2.45) is 0 Å². The van der Waals surface area contributed by atoms with Gasteiger partial charge in [0.05, 0.1) is 0 Å². The molecule has 0 unspecified atom stereocenters. The summed E-state index contributed by atoms with van der Waals surface area (Å²) in [7, 11) is 0. The summed E-state index contributed by atoms with van der Waals surface area (Å²) in [6, 6.07) is 2.44. The zero-order valence-electron chi connectivity index (χ0n) is 12.5. The highest BCUT2D eigenvalue weighted by Gasteiger charge is 2.32. The van der Waals surface area contributed by atoms with Gasteiger partial charge in [-0.3, -0.25) is 4.79 Å². The van der Waals surface area contributed by atoms with Crippen molar-refractivity contribution in [3.05, 3.63) is 39.7 Å². The summed E-state index contributed by atoms with van der Waals surface area (Å²) in [5, 5.41) is 18.6. The van der Waals surface area contributed by atoms with Gasteiger partial charge >= 0.3 is 18.3 Å². The molecule has 1 aromatic carbocycles. The number of ether oxygens (including phenoxy) is 1. The highest BCUT2D eigenvalue weighted by Crippen LogP contribution is 2.36. The van der Waals surface area contributed by atoms with Crippen molar-refractivity contribution in [3.63, 3.8) is 0 Å². The summed E-state index contributed by atoms with van der Waals surface area (Å²) in [5.41, 5.74) is 6.44. The molecule has 1 aromatic heterocycles. The van der Waals surface area contributed by atoms with Crippen LogP contribution in [0.15, 0.2) is 23.0 Å². The number of alkyl halides is 3. The number of nitrogens with two attached hydrogens (primary N) is 2. The fourth-order valence-electron chi connectivity index (χ4n) is 2.27. The lowest BCUT2D eigenvalue weighted by atomic mass is 9.94. The van der Waals surface area contributed by atoms with Gasteiger partial charge in [-0.15, -0.1) is 13.2 Å². The van der Waals surface area contributed by atoms with E-state index in [1.165, 1.54) is 0 Å². The molecule has 0 saturated heterocycles. The van der Waals surface area contributed by atoms with E-state index >= 15 is 0 Å². The average Bonchev–Trinajstić information content (AvgIpc) is 2.46. The largest absolute Gasteiger partial charge is 0.573 e. The first kappa shape index (κ1) is 18.6. The van der Waals surface area contributed by atoms with Crippen LogP contribution in [0.3, 0.4) is 0 Å². The smallest absolute Gasteiger partial charge is 0.478 e. The van der Waals surface area contributed by atoms with Crippen molar-refractivity contribution in [1.29, 1.82) is 0 Å². The summed E-state index contributed by atoms with van der Waals surface area (Å²) in [6.07, 6.45) is -5.06. The van der Waals surface area contributed by atoms with Crippen molar-refractivity contribution < 1.29 is 37.7 Å². The van der Waals surface area contributed by atoms with E-state index in [1.807, 2.05) is 4.98 Å². The lowest BCUT2D eigenvalue weighted by Gasteiger charge is -2.16. The van der Waals surface area contributed by atoms with Gasteiger partial charge in [-0.05, 0) is 18.2 Å². The molecule has 0 aliphatic heterocycles. The number of aromatic carboxylic acids is 2. The molecular formula is C14H10F3N3O6. The predicted octanol–water partition coefficient (Wildman–Crippen LogP) is 1.50. The number of benzene rings is 1. The van der Waals surface area contributed by atoms with Crippen molar-refractivity contribution in [1.82, 2.24) is 4.98 Å². The van der Waals surface area contributed by atoms with E-state index in [2.05, 4.69) is 4.74 Å². The molecular weight excluding hydrogens is 363 g/mol. The molecule has 0 fully saturated rings. The van der Waals surface area contributed by atoms with Crippen LogP contribution in [-0.2, 0) is 0 Å². The summed E-state index contributed by atoms with van der Waals surface area (Å²) >= 11 is 0. The van der Waals surface area contributed by atoms with E-state index in [4.69, 9.17) is 11.5 Å². The van der Waals surface area contributed by atoms with Crippen LogP contribution in [0, 0.1) is 0 Å². The summed E-state index contributed by atoms with van der Waals surface area (Å²) < 4.78 is 40.9. The van der Waals surface area contributed by atoms with E-state index in [0.29, 0.717) is 6.07 Å². The van der Waals surface area contributed by atoms with Crippen LogP contribution in [0.5, 0.6) is 5.75 Å². The standard InChI is InChI=1S/C14H10F3N3O6/c15-14(16,17)26-4-1-2-6(18)5(3-4)7-8(12(22)23)10(19)20-11(21)9(7)13(24)25/h1-3H,18H2,(H,22,23)(H,24,25)(H3,19,20,21). The molecule has 9 nitrogen and oxygen atoms in total. The van der Waals surface area contributed by atoms with E-state index in [9.17, 15) is 37.8 Å². The minimum Gasteiger partial charge on any atom is -0.478 e. The Labute approximate surface area is 141 Å². The Bertz CT molecular complexity index is 968. The van der Waals surface area contributed by atoms with E-state index in [-0.39, 0.29) is 5.69 Å². The summed E-state index contributed by atoms with van der Waals surface area (Å²) in [4.78, 5) is 36.7. The van der Waals surface area contributed by atoms with Crippen LogP contribution >= 0.6 is 0 Å². The number of carboxylic acids is 2. The van der Waals surface area contributed by atoms with Crippen LogP contribution in [-0.4, -0.2) is 33.5 Å². The third kappa shape index (κ3) is 3.53. The first-order chi connectivity index (χ1) is 11.9. The molecule has 0 aliphatic carbocycles. The van der Waals surface area contributed by atoms with Crippen LogP contribution in [0.2, 0.25) is 0 Å². The first-order valence-electron chi connectivity index (χ1n) is 6.60. The number of rotatable bonds is 4.